The van der Waals surface area contributed by atoms with E-state index in [1.165, 1.54) is 12.8 Å². The van der Waals surface area contributed by atoms with E-state index in [1.807, 2.05) is 18.2 Å². The lowest BCUT2D eigenvalue weighted by Gasteiger charge is -2.37. The lowest BCUT2D eigenvalue weighted by Crippen LogP contribution is -2.48. The van der Waals surface area contributed by atoms with Gasteiger partial charge in [-0.15, -0.1) is 0 Å². The van der Waals surface area contributed by atoms with Gasteiger partial charge in [-0.2, -0.15) is 0 Å². The Balaban J connectivity index is 1.33. The number of carbonyl (C=O) groups excluding carboxylic acids is 1. The van der Waals surface area contributed by atoms with Gasteiger partial charge in [-0.3, -0.25) is 4.79 Å². The monoisotopic (exact) mass is 354 g/mol. The Morgan fingerprint density at radius 3 is 2.69 bits per heavy atom. The largest absolute Gasteiger partial charge is 0.353 e. The third-order valence-corrected chi connectivity index (χ3v) is 6.58. The number of fused-ring (bicyclic) bond motifs is 1. The number of nitrogens with zero attached hydrogens (tertiary/aromatic N) is 2. The first-order valence-electron chi connectivity index (χ1n) is 10.1. The molecule has 1 saturated carbocycles. The molecule has 4 rings (SSSR count). The highest BCUT2D eigenvalue weighted by Crippen LogP contribution is 2.30. The quantitative estimate of drug-likeness (QED) is 0.883. The van der Waals surface area contributed by atoms with Gasteiger partial charge in [-0.1, -0.05) is 38.8 Å². The number of para-hydroxylation sites is 2. The lowest BCUT2D eigenvalue weighted by molar-refractivity contribution is -0.127. The standard InChI is InChI=1S/C21H30N4O/c1-14-6-5-9-17(15(14)2)22-20(26)16-10-12-25(13-11-16)21-23-18-7-3-4-8-19(18)24-21/h3-4,7-8,14-17H,5-6,9-13H2,1-2H3,(H,22,26)(H,23,24)/t14-,15+,17-/m1/s1. The van der Waals surface area contributed by atoms with Crippen LogP contribution in [-0.4, -0.2) is 35.0 Å². The summed E-state index contributed by atoms with van der Waals surface area (Å²) >= 11 is 0. The summed E-state index contributed by atoms with van der Waals surface area (Å²) in [5, 5.41) is 3.36. The van der Waals surface area contributed by atoms with Crippen molar-refractivity contribution in [3.05, 3.63) is 24.3 Å². The van der Waals surface area contributed by atoms with Gasteiger partial charge >= 0.3 is 0 Å². The van der Waals surface area contributed by atoms with Crippen LogP contribution in [0.3, 0.4) is 0 Å². The SMILES string of the molecule is C[C@H]1[C@H](C)CCC[C@H]1NC(=O)C1CCN(c2nc3ccccc3[nH]2)CC1. The van der Waals surface area contributed by atoms with Crippen LogP contribution in [0.25, 0.3) is 11.0 Å². The van der Waals surface area contributed by atoms with E-state index >= 15 is 0 Å². The summed E-state index contributed by atoms with van der Waals surface area (Å²) in [6, 6.07) is 8.48. The molecule has 2 fully saturated rings. The molecule has 1 aromatic carbocycles. The van der Waals surface area contributed by atoms with Gasteiger partial charge < -0.3 is 15.2 Å². The number of piperidine rings is 1. The minimum absolute atomic E-state index is 0.139. The van der Waals surface area contributed by atoms with Crippen molar-refractivity contribution in [1.82, 2.24) is 15.3 Å². The number of imidazole rings is 1. The second-order valence-electron chi connectivity index (χ2n) is 8.22. The molecule has 0 unspecified atom stereocenters. The average Bonchev–Trinajstić information content (AvgIpc) is 3.10. The fourth-order valence-electron chi connectivity index (χ4n) is 4.53. The first-order chi connectivity index (χ1) is 12.6. The molecule has 140 valence electrons. The predicted molar refractivity (Wildman–Crippen MR) is 105 cm³/mol. The lowest BCUT2D eigenvalue weighted by atomic mass is 9.78. The first-order valence-corrected chi connectivity index (χ1v) is 10.1. The zero-order chi connectivity index (χ0) is 18.1. The maximum Gasteiger partial charge on any atom is 0.223 e. The Morgan fingerprint density at radius 2 is 1.92 bits per heavy atom. The molecule has 2 aromatic rings. The molecule has 1 aromatic heterocycles. The summed E-state index contributed by atoms with van der Waals surface area (Å²) in [4.78, 5) is 23.1. The van der Waals surface area contributed by atoms with Crippen molar-refractivity contribution in [3.63, 3.8) is 0 Å². The Labute approximate surface area is 155 Å². The van der Waals surface area contributed by atoms with E-state index in [0.29, 0.717) is 17.9 Å². The van der Waals surface area contributed by atoms with Crippen LogP contribution >= 0.6 is 0 Å². The molecule has 1 saturated heterocycles. The van der Waals surface area contributed by atoms with Crippen LogP contribution in [0.5, 0.6) is 0 Å². The second kappa shape index (κ2) is 7.29. The molecule has 26 heavy (non-hydrogen) atoms. The van der Waals surface area contributed by atoms with Gasteiger partial charge in [-0.05, 0) is 43.2 Å². The minimum atomic E-state index is 0.139. The number of rotatable bonds is 3. The van der Waals surface area contributed by atoms with Crippen LogP contribution in [0.4, 0.5) is 5.95 Å². The molecule has 2 N–H and O–H groups in total. The molecule has 5 nitrogen and oxygen atoms in total. The highest BCUT2D eigenvalue weighted by molar-refractivity contribution is 5.80. The van der Waals surface area contributed by atoms with Gasteiger partial charge in [0.05, 0.1) is 11.0 Å². The maximum atomic E-state index is 12.7. The van der Waals surface area contributed by atoms with Crippen molar-refractivity contribution in [2.75, 3.05) is 18.0 Å². The van der Waals surface area contributed by atoms with Crippen LogP contribution < -0.4 is 10.2 Å². The molecule has 0 radical (unpaired) electrons. The number of hydrogen-bond donors (Lipinski definition) is 2. The molecule has 5 heteroatoms. The Hall–Kier alpha value is -2.04. The fraction of sp³-hybridized carbons (Fsp3) is 0.619. The van der Waals surface area contributed by atoms with Gasteiger partial charge in [0.2, 0.25) is 11.9 Å². The highest BCUT2D eigenvalue weighted by Gasteiger charge is 2.32. The number of aromatic amines is 1. The van der Waals surface area contributed by atoms with Crippen molar-refractivity contribution in [1.29, 1.82) is 0 Å². The molecule has 1 amide bonds. The topological polar surface area (TPSA) is 61.0 Å². The molecule has 0 bridgehead atoms. The Bertz CT molecular complexity index is 729. The van der Waals surface area contributed by atoms with Gasteiger partial charge in [0.25, 0.3) is 0 Å². The normalized spacial score (nSPS) is 27.6. The van der Waals surface area contributed by atoms with E-state index in [4.69, 9.17) is 0 Å². The zero-order valence-electron chi connectivity index (χ0n) is 15.9. The van der Waals surface area contributed by atoms with Crippen molar-refractivity contribution in [3.8, 4) is 0 Å². The highest BCUT2D eigenvalue weighted by atomic mass is 16.2. The summed E-state index contributed by atoms with van der Waals surface area (Å²) in [6.45, 7) is 6.37. The van der Waals surface area contributed by atoms with Crippen molar-refractivity contribution < 1.29 is 4.79 Å². The molecular weight excluding hydrogens is 324 g/mol. The van der Waals surface area contributed by atoms with Crippen molar-refractivity contribution in [2.45, 2.75) is 52.0 Å². The third kappa shape index (κ3) is 3.44. The Kier molecular flexibility index (Phi) is 4.88. The van der Waals surface area contributed by atoms with Crippen molar-refractivity contribution in [2.24, 2.45) is 17.8 Å². The number of anilines is 1. The smallest absolute Gasteiger partial charge is 0.223 e. The molecule has 3 atom stereocenters. The van der Waals surface area contributed by atoms with Crippen molar-refractivity contribution >= 4 is 22.9 Å². The van der Waals surface area contributed by atoms with Crippen LogP contribution in [-0.2, 0) is 4.79 Å². The van der Waals surface area contributed by atoms with Crippen LogP contribution in [0.2, 0.25) is 0 Å². The van der Waals surface area contributed by atoms with E-state index in [-0.39, 0.29) is 11.8 Å². The van der Waals surface area contributed by atoms with Crippen LogP contribution in [0.1, 0.15) is 46.0 Å². The third-order valence-electron chi connectivity index (χ3n) is 6.58. The fourth-order valence-corrected chi connectivity index (χ4v) is 4.53. The Morgan fingerprint density at radius 1 is 1.15 bits per heavy atom. The number of hydrogen-bond acceptors (Lipinski definition) is 3. The van der Waals surface area contributed by atoms with E-state index < -0.39 is 0 Å². The number of nitrogens with one attached hydrogen (secondary N) is 2. The van der Waals surface area contributed by atoms with Crippen LogP contribution in [0.15, 0.2) is 24.3 Å². The van der Waals surface area contributed by atoms with Gasteiger partial charge in [0.1, 0.15) is 0 Å². The summed E-state index contributed by atoms with van der Waals surface area (Å²) in [7, 11) is 0. The number of aromatic nitrogens is 2. The van der Waals surface area contributed by atoms with E-state index in [9.17, 15) is 4.79 Å². The average molecular weight is 354 g/mol. The van der Waals surface area contributed by atoms with E-state index in [0.717, 1.165) is 49.3 Å². The summed E-state index contributed by atoms with van der Waals surface area (Å²) in [5.74, 6) is 2.63. The predicted octanol–water partition coefficient (Wildman–Crippen LogP) is 3.72. The molecule has 1 aliphatic carbocycles. The number of H-pyrrole nitrogens is 1. The summed E-state index contributed by atoms with van der Waals surface area (Å²) in [6.07, 6.45) is 5.47. The van der Waals surface area contributed by atoms with Gasteiger partial charge in [0, 0.05) is 25.0 Å². The molecule has 0 spiro atoms. The zero-order valence-corrected chi connectivity index (χ0v) is 15.9. The summed E-state index contributed by atoms with van der Waals surface area (Å²) in [5.41, 5.74) is 2.07. The first kappa shape index (κ1) is 17.4. The van der Waals surface area contributed by atoms with E-state index in [2.05, 4.69) is 40.1 Å². The van der Waals surface area contributed by atoms with E-state index in [1.54, 1.807) is 0 Å². The number of amides is 1. The molecule has 2 heterocycles. The molecule has 2 aliphatic rings. The minimum Gasteiger partial charge on any atom is -0.353 e. The second-order valence-corrected chi connectivity index (χ2v) is 8.22. The number of benzene rings is 1. The maximum absolute atomic E-state index is 12.7. The summed E-state index contributed by atoms with van der Waals surface area (Å²) < 4.78 is 0. The number of carbonyl (C=O) groups is 1. The van der Waals surface area contributed by atoms with Crippen LogP contribution in [0, 0.1) is 17.8 Å². The van der Waals surface area contributed by atoms with Gasteiger partial charge in [-0.25, -0.2) is 4.98 Å². The molecule has 1 aliphatic heterocycles. The van der Waals surface area contributed by atoms with Gasteiger partial charge in [0.15, 0.2) is 0 Å². The molecular formula is C21H30N4O.